The molecule has 2 fully saturated rings. The summed E-state index contributed by atoms with van der Waals surface area (Å²) in [7, 11) is 1.61. The van der Waals surface area contributed by atoms with Gasteiger partial charge in [-0.3, -0.25) is 4.79 Å². The Morgan fingerprint density at radius 1 is 1.29 bits per heavy atom. The van der Waals surface area contributed by atoms with E-state index in [2.05, 4.69) is 26.1 Å². The zero-order chi connectivity index (χ0) is 17.5. The van der Waals surface area contributed by atoms with E-state index in [-0.39, 0.29) is 17.4 Å². The predicted molar refractivity (Wildman–Crippen MR) is 94.6 cm³/mol. The standard InChI is InChI=1S/C20H29NO3/c1-6-24-16-11-13(7-8-15(16)23-5)18(22)21-17-12-14-9-10-20(17,4)19(14,2)3/h7-8,11,14,17H,6,9-10,12H2,1-5H3,(H,21,22). The number of carbonyl (C=O) groups excluding carboxylic acids is 1. The lowest BCUT2D eigenvalue weighted by Crippen LogP contribution is -2.46. The van der Waals surface area contributed by atoms with Gasteiger partial charge in [0.1, 0.15) is 0 Å². The van der Waals surface area contributed by atoms with E-state index < -0.39 is 0 Å². The first-order chi connectivity index (χ1) is 11.3. The molecule has 0 saturated heterocycles. The Balaban J connectivity index is 1.78. The zero-order valence-corrected chi connectivity index (χ0v) is 15.4. The molecule has 0 aromatic heterocycles. The summed E-state index contributed by atoms with van der Waals surface area (Å²) >= 11 is 0. The van der Waals surface area contributed by atoms with Crippen LogP contribution in [0.1, 0.15) is 57.3 Å². The summed E-state index contributed by atoms with van der Waals surface area (Å²) in [6.45, 7) is 9.52. The molecule has 0 spiro atoms. The SMILES string of the molecule is CCOc1cc(C(=O)NC2CC3CCC2(C)C3(C)C)ccc1OC. The van der Waals surface area contributed by atoms with Crippen molar-refractivity contribution in [2.45, 2.75) is 53.0 Å². The summed E-state index contributed by atoms with van der Waals surface area (Å²) in [5.74, 6) is 1.96. The molecule has 0 aliphatic heterocycles. The van der Waals surface area contributed by atoms with E-state index in [9.17, 15) is 4.79 Å². The lowest BCUT2D eigenvalue weighted by atomic mass is 9.69. The third-order valence-electron chi connectivity index (χ3n) is 6.83. The fourth-order valence-corrected chi connectivity index (χ4v) is 4.75. The highest BCUT2D eigenvalue weighted by atomic mass is 16.5. The van der Waals surface area contributed by atoms with Gasteiger partial charge in [-0.05, 0) is 61.1 Å². The van der Waals surface area contributed by atoms with Gasteiger partial charge >= 0.3 is 0 Å². The first-order valence-corrected chi connectivity index (χ1v) is 8.95. The maximum Gasteiger partial charge on any atom is 0.251 e. The molecule has 3 unspecified atom stereocenters. The minimum Gasteiger partial charge on any atom is -0.493 e. The van der Waals surface area contributed by atoms with Crippen molar-refractivity contribution in [1.82, 2.24) is 5.32 Å². The van der Waals surface area contributed by atoms with Gasteiger partial charge in [0.15, 0.2) is 11.5 Å². The number of rotatable bonds is 5. The number of amides is 1. The van der Waals surface area contributed by atoms with Crippen LogP contribution >= 0.6 is 0 Å². The molecule has 3 rings (SSSR count). The summed E-state index contributed by atoms with van der Waals surface area (Å²) in [5, 5.41) is 3.29. The number of hydrogen-bond acceptors (Lipinski definition) is 3. The van der Waals surface area contributed by atoms with Gasteiger partial charge in [-0.25, -0.2) is 0 Å². The molecule has 1 N–H and O–H groups in total. The molecule has 1 amide bonds. The molecule has 2 bridgehead atoms. The molecule has 2 saturated carbocycles. The molecule has 0 radical (unpaired) electrons. The van der Waals surface area contributed by atoms with Crippen LogP contribution in [0.3, 0.4) is 0 Å². The molecule has 24 heavy (non-hydrogen) atoms. The summed E-state index contributed by atoms with van der Waals surface area (Å²) in [5.41, 5.74) is 1.10. The van der Waals surface area contributed by atoms with Crippen molar-refractivity contribution in [3.05, 3.63) is 23.8 Å². The normalized spacial score (nSPS) is 30.2. The van der Waals surface area contributed by atoms with Gasteiger partial charge in [0.25, 0.3) is 5.91 Å². The number of ether oxygens (including phenoxy) is 2. The minimum atomic E-state index is -0.0202. The smallest absolute Gasteiger partial charge is 0.251 e. The Kier molecular flexibility index (Phi) is 4.27. The second kappa shape index (κ2) is 5.98. The van der Waals surface area contributed by atoms with Crippen LogP contribution in [0.25, 0.3) is 0 Å². The van der Waals surface area contributed by atoms with Crippen LogP contribution in [-0.4, -0.2) is 25.7 Å². The zero-order valence-electron chi connectivity index (χ0n) is 15.4. The second-order valence-corrected chi connectivity index (χ2v) is 7.94. The first-order valence-electron chi connectivity index (χ1n) is 8.95. The van der Waals surface area contributed by atoms with Gasteiger partial charge in [-0.2, -0.15) is 0 Å². The molecule has 3 atom stereocenters. The number of carbonyl (C=O) groups is 1. The van der Waals surface area contributed by atoms with Crippen LogP contribution < -0.4 is 14.8 Å². The van der Waals surface area contributed by atoms with Gasteiger partial charge in [0.05, 0.1) is 13.7 Å². The van der Waals surface area contributed by atoms with Crippen molar-refractivity contribution in [2.24, 2.45) is 16.7 Å². The second-order valence-electron chi connectivity index (χ2n) is 7.94. The summed E-state index contributed by atoms with van der Waals surface area (Å²) in [6.07, 6.45) is 3.57. The third kappa shape index (κ3) is 2.47. The average Bonchev–Trinajstić information content (AvgIpc) is 2.88. The van der Waals surface area contributed by atoms with Crippen molar-refractivity contribution in [1.29, 1.82) is 0 Å². The summed E-state index contributed by atoms with van der Waals surface area (Å²) < 4.78 is 10.9. The predicted octanol–water partition coefficient (Wildman–Crippen LogP) is 4.04. The van der Waals surface area contributed by atoms with Gasteiger partial charge in [0, 0.05) is 11.6 Å². The van der Waals surface area contributed by atoms with Gasteiger partial charge in [0.2, 0.25) is 0 Å². The third-order valence-corrected chi connectivity index (χ3v) is 6.83. The quantitative estimate of drug-likeness (QED) is 0.886. The summed E-state index contributed by atoms with van der Waals surface area (Å²) in [6, 6.07) is 5.62. The number of hydrogen-bond donors (Lipinski definition) is 1. The molecule has 0 heterocycles. The Bertz CT molecular complexity index is 640. The minimum absolute atomic E-state index is 0.0202. The molecule has 1 aromatic rings. The molecular formula is C20H29NO3. The first kappa shape index (κ1) is 17.1. The maximum atomic E-state index is 12.8. The van der Waals surface area contributed by atoms with E-state index in [0.29, 0.717) is 35.0 Å². The molecule has 2 aliphatic carbocycles. The highest BCUT2D eigenvalue weighted by Crippen LogP contribution is 2.65. The Hall–Kier alpha value is -1.71. The topological polar surface area (TPSA) is 47.6 Å². The monoisotopic (exact) mass is 331 g/mol. The van der Waals surface area contributed by atoms with Crippen LogP contribution in [0.2, 0.25) is 0 Å². The largest absolute Gasteiger partial charge is 0.493 e. The van der Waals surface area contributed by atoms with Crippen molar-refractivity contribution < 1.29 is 14.3 Å². The van der Waals surface area contributed by atoms with Crippen LogP contribution in [-0.2, 0) is 0 Å². The lowest BCUT2D eigenvalue weighted by molar-refractivity contribution is 0.0825. The highest BCUT2D eigenvalue weighted by molar-refractivity contribution is 5.95. The molecule has 1 aromatic carbocycles. The Morgan fingerprint density at radius 3 is 2.58 bits per heavy atom. The van der Waals surface area contributed by atoms with E-state index in [4.69, 9.17) is 9.47 Å². The Morgan fingerprint density at radius 2 is 2.04 bits per heavy atom. The van der Waals surface area contributed by atoms with E-state index in [0.717, 1.165) is 6.42 Å². The fourth-order valence-electron chi connectivity index (χ4n) is 4.75. The maximum absolute atomic E-state index is 12.8. The molecule has 2 aliphatic rings. The van der Waals surface area contributed by atoms with Crippen molar-refractivity contribution >= 4 is 5.91 Å². The molecule has 4 nitrogen and oxygen atoms in total. The van der Waals surface area contributed by atoms with Gasteiger partial charge in [-0.1, -0.05) is 20.8 Å². The van der Waals surface area contributed by atoms with Crippen LogP contribution in [0.15, 0.2) is 18.2 Å². The highest BCUT2D eigenvalue weighted by Gasteiger charge is 2.61. The molecular weight excluding hydrogens is 302 g/mol. The van der Waals surface area contributed by atoms with Crippen molar-refractivity contribution in [3.8, 4) is 11.5 Å². The fraction of sp³-hybridized carbons (Fsp3) is 0.650. The Labute approximate surface area is 144 Å². The molecule has 4 heteroatoms. The van der Waals surface area contributed by atoms with E-state index in [1.807, 2.05) is 6.92 Å². The average molecular weight is 331 g/mol. The van der Waals surface area contributed by atoms with Gasteiger partial charge in [-0.15, -0.1) is 0 Å². The van der Waals surface area contributed by atoms with Crippen LogP contribution in [0, 0.1) is 16.7 Å². The molecule has 132 valence electrons. The van der Waals surface area contributed by atoms with E-state index in [1.165, 1.54) is 12.8 Å². The van der Waals surface area contributed by atoms with Gasteiger partial charge < -0.3 is 14.8 Å². The number of benzene rings is 1. The van der Waals surface area contributed by atoms with E-state index >= 15 is 0 Å². The van der Waals surface area contributed by atoms with E-state index in [1.54, 1.807) is 25.3 Å². The van der Waals surface area contributed by atoms with Crippen molar-refractivity contribution in [3.63, 3.8) is 0 Å². The number of methoxy groups -OCH3 is 1. The lowest BCUT2D eigenvalue weighted by Gasteiger charge is -2.39. The van der Waals surface area contributed by atoms with Crippen LogP contribution in [0.4, 0.5) is 0 Å². The summed E-state index contributed by atoms with van der Waals surface area (Å²) in [4.78, 5) is 12.8. The number of fused-ring (bicyclic) bond motifs is 2. The number of nitrogens with one attached hydrogen (secondary N) is 1. The van der Waals surface area contributed by atoms with Crippen LogP contribution in [0.5, 0.6) is 11.5 Å². The van der Waals surface area contributed by atoms with Crippen molar-refractivity contribution in [2.75, 3.05) is 13.7 Å².